The van der Waals surface area contributed by atoms with Crippen molar-refractivity contribution < 1.29 is 9.21 Å². The quantitative estimate of drug-likeness (QED) is 0.867. The van der Waals surface area contributed by atoms with Crippen molar-refractivity contribution in [2.75, 3.05) is 46.3 Å². The van der Waals surface area contributed by atoms with Crippen molar-refractivity contribution >= 4 is 5.91 Å². The van der Waals surface area contributed by atoms with Crippen LogP contribution >= 0.6 is 0 Å². The molecule has 0 spiro atoms. The zero-order chi connectivity index (χ0) is 14.9. The molecule has 0 aromatic carbocycles. The summed E-state index contributed by atoms with van der Waals surface area (Å²) in [4.78, 5) is 20.9. The Balaban J connectivity index is 1.48. The van der Waals surface area contributed by atoms with Gasteiger partial charge in [-0.3, -0.25) is 4.79 Å². The van der Waals surface area contributed by atoms with Gasteiger partial charge in [0, 0.05) is 44.7 Å². The van der Waals surface area contributed by atoms with Crippen LogP contribution in [0.5, 0.6) is 0 Å². The van der Waals surface area contributed by atoms with Gasteiger partial charge < -0.3 is 19.5 Å². The van der Waals surface area contributed by atoms with Gasteiger partial charge >= 0.3 is 0 Å². The fourth-order valence-corrected chi connectivity index (χ4v) is 2.92. The number of hydrogen-bond acceptors (Lipinski definition) is 5. The molecule has 0 radical (unpaired) electrons. The Morgan fingerprint density at radius 3 is 2.67 bits per heavy atom. The summed E-state index contributed by atoms with van der Waals surface area (Å²) in [6.07, 6.45) is 3.73. The Bertz CT molecular complexity index is 502. The number of aromatic nitrogens is 1. The molecule has 21 heavy (non-hydrogen) atoms. The maximum atomic E-state index is 12.1. The predicted octanol–water partition coefficient (Wildman–Crippen LogP) is 0.740. The number of likely N-dealkylation sites (N-methyl/N-ethyl adjacent to an activating group) is 1. The van der Waals surface area contributed by atoms with Crippen molar-refractivity contribution in [3.63, 3.8) is 0 Å². The number of carbonyl (C=O) groups excluding carboxylic acids is 1. The lowest BCUT2D eigenvalue weighted by Gasteiger charge is -2.34. The molecule has 1 aliphatic heterocycles. The Morgan fingerprint density at radius 2 is 2.10 bits per heavy atom. The van der Waals surface area contributed by atoms with Gasteiger partial charge in [0.05, 0.1) is 0 Å². The first-order valence-electron chi connectivity index (χ1n) is 7.67. The second kappa shape index (κ2) is 5.77. The molecular formula is C15H24N4O2. The molecule has 1 aromatic rings. The van der Waals surface area contributed by atoms with E-state index < -0.39 is 0 Å². The number of nitrogens with zero attached hydrogens (tertiary/aromatic N) is 3. The van der Waals surface area contributed by atoms with Crippen LogP contribution in [0.3, 0.4) is 0 Å². The van der Waals surface area contributed by atoms with Gasteiger partial charge in [-0.1, -0.05) is 0 Å². The highest BCUT2D eigenvalue weighted by atomic mass is 16.3. The highest BCUT2D eigenvalue weighted by molar-refractivity contribution is 5.93. The predicted molar refractivity (Wildman–Crippen MR) is 79.2 cm³/mol. The molecule has 1 saturated heterocycles. The average Bonchev–Trinajstić information content (AvgIpc) is 3.10. The van der Waals surface area contributed by atoms with Gasteiger partial charge in [-0.2, -0.15) is 0 Å². The molecule has 2 fully saturated rings. The highest BCUT2D eigenvalue weighted by Crippen LogP contribution is 2.45. The minimum absolute atomic E-state index is 0.120. The number of oxazole rings is 1. The van der Waals surface area contributed by atoms with Gasteiger partial charge in [0.2, 0.25) is 0 Å². The third-order valence-corrected chi connectivity index (χ3v) is 4.70. The standard InChI is InChI=1S/C15H24N4O2/c1-12-13(17-11-21-12)14(20)16-9-15(3-4-15)10-19-7-5-18(2)6-8-19/h11H,3-10H2,1-2H3,(H,16,20). The molecular weight excluding hydrogens is 268 g/mol. The molecule has 1 aromatic heterocycles. The summed E-state index contributed by atoms with van der Waals surface area (Å²) in [7, 11) is 2.17. The van der Waals surface area contributed by atoms with Gasteiger partial charge in [0.1, 0.15) is 5.76 Å². The first-order chi connectivity index (χ1) is 10.1. The lowest BCUT2D eigenvalue weighted by atomic mass is 10.1. The van der Waals surface area contributed by atoms with Crippen LogP contribution in [-0.4, -0.2) is 67.0 Å². The van der Waals surface area contributed by atoms with E-state index in [0.29, 0.717) is 11.5 Å². The summed E-state index contributed by atoms with van der Waals surface area (Å²) in [6.45, 7) is 8.15. The molecule has 1 amide bonds. The first kappa shape index (κ1) is 14.5. The molecule has 3 rings (SSSR count). The highest BCUT2D eigenvalue weighted by Gasteiger charge is 2.44. The molecule has 6 heteroatoms. The van der Waals surface area contributed by atoms with Crippen molar-refractivity contribution in [2.24, 2.45) is 5.41 Å². The van der Waals surface area contributed by atoms with Crippen LogP contribution in [-0.2, 0) is 0 Å². The molecule has 116 valence electrons. The third-order valence-electron chi connectivity index (χ3n) is 4.70. The number of nitrogens with one attached hydrogen (secondary N) is 1. The summed E-state index contributed by atoms with van der Waals surface area (Å²) >= 11 is 0. The Morgan fingerprint density at radius 1 is 1.38 bits per heavy atom. The van der Waals surface area contributed by atoms with Gasteiger partial charge in [-0.05, 0) is 26.8 Å². The SMILES string of the molecule is Cc1ocnc1C(=O)NCC1(CN2CCN(C)CC2)CC1. The van der Waals surface area contributed by atoms with Crippen molar-refractivity contribution in [2.45, 2.75) is 19.8 Å². The van der Waals surface area contributed by atoms with Crippen LogP contribution < -0.4 is 5.32 Å². The van der Waals surface area contributed by atoms with E-state index in [-0.39, 0.29) is 11.3 Å². The van der Waals surface area contributed by atoms with E-state index in [1.54, 1.807) is 6.92 Å². The maximum Gasteiger partial charge on any atom is 0.273 e. The smallest absolute Gasteiger partial charge is 0.273 e. The molecule has 1 saturated carbocycles. The molecule has 2 aliphatic rings. The van der Waals surface area contributed by atoms with Crippen molar-refractivity contribution in [3.8, 4) is 0 Å². The number of amides is 1. The Labute approximate surface area is 125 Å². The second-order valence-corrected chi connectivity index (χ2v) is 6.52. The fourth-order valence-electron chi connectivity index (χ4n) is 2.92. The molecule has 0 atom stereocenters. The monoisotopic (exact) mass is 292 g/mol. The van der Waals surface area contributed by atoms with Crippen molar-refractivity contribution in [3.05, 3.63) is 17.8 Å². The van der Waals surface area contributed by atoms with Gasteiger partial charge in [0.15, 0.2) is 12.1 Å². The normalized spacial score (nSPS) is 22.2. The molecule has 6 nitrogen and oxygen atoms in total. The minimum atomic E-state index is -0.120. The number of carbonyl (C=O) groups is 1. The molecule has 1 N–H and O–H groups in total. The van der Waals surface area contributed by atoms with Gasteiger partial charge in [-0.15, -0.1) is 0 Å². The maximum absolute atomic E-state index is 12.1. The molecule has 1 aliphatic carbocycles. The van der Waals surface area contributed by atoms with Crippen molar-refractivity contribution in [1.82, 2.24) is 20.1 Å². The van der Waals surface area contributed by atoms with E-state index in [2.05, 4.69) is 27.1 Å². The summed E-state index contributed by atoms with van der Waals surface area (Å²) in [5.41, 5.74) is 0.689. The van der Waals surface area contributed by atoms with Crippen LogP contribution in [0.25, 0.3) is 0 Å². The van der Waals surface area contributed by atoms with E-state index in [0.717, 1.165) is 39.3 Å². The fraction of sp³-hybridized carbons (Fsp3) is 0.733. The van der Waals surface area contributed by atoms with Gasteiger partial charge in [0.25, 0.3) is 5.91 Å². The van der Waals surface area contributed by atoms with E-state index in [1.165, 1.54) is 19.2 Å². The Hall–Kier alpha value is -1.40. The van der Waals surface area contributed by atoms with E-state index in [4.69, 9.17) is 4.42 Å². The zero-order valence-electron chi connectivity index (χ0n) is 12.9. The molecule has 2 heterocycles. The van der Waals surface area contributed by atoms with E-state index in [9.17, 15) is 4.79 Å². The second-order valence-electron chi connectivity index (χ2n) is 6.52. The van der Waals surface area contributed by atoms with Crippen LogP contribution in [0.1, 0.15) is 29.1 Å². The number of hydrogen-bond donors (Lipinski definition) is 1. The van der Waals surface area contributed by atoms with Gasteiger partial charge in [-0.25, -0.2) is 4.98 Å². The Kier molecular flexibility index (Phi) is 3.99. The van der Waals surface area contributed by atoms with Crippen LogP contribution in [0.2, 0.25) is 0 Å². The summed E-state index contributed by atoms with van der Waals surface area (Å²) in [6, 6.07) is 0. The lowest BCUT2D eigenvalue weighted by Crippen LogP contribution is -2.48. The number of aryl methyl sites for hydroxylation is 1. The lowest BCUT2D eigenvalue weighted by molar-refractivity contribution is 0.0921. The van der Waals surface area contributed by atoms with E-state index >= 15 is 0 Å². The van der Waals surface area contributed by atoms with Crippen molar-refractivity contribution in [1.29, 1.82) is 0 Å². The molecule has 0 bridgehead atoms. The van der Waals surface area contributed by atoms with Crippen LogP contribution in [0, 0.1) is 12.3 Å². The van der Waals surface area contributed by atoms with Crippen LogP contribution in [0.15, 0.2) is 10.8 Å². The number of piperazine rings is 1. The summed E-state index contributed by atoms with van der Waals surface area (Å²) in [5.74, 6) is 0.460. The third kappa shape index (κ3) is 3.44. The number of rotatable bonds is 5. The average molecular weight is 292 g/mol. The first-order valence-corrected chi connectivity index (χ1v) is 7.67. The summed E-state index contributed by atoms with van der Waals surface area (Å²) < 4.78 is 5.08. The largest absolute Gasteiger partial charge is 0.448 e. The summed E-state index contributed by atoms with van der Waals surface area (Å²) in [5, 5.41) is 3.03. The zero-order valence-corrected chi connectivity index (χ0v) is 12.9. The van der Waals surface area contributed by atoms with Crippen LogP contribution in [0.4, 0.5) is 0 Å². The topological polar surface area (TPSA) is 61.6 Å². The minimum Gasteiger partial charge on any atom is -0.448 e. The van der Waals surface area contributed by atoms with E-state index in [1.807, 2.05) is 0 Å². The molecule has 0 unspecified atom stereocenters.